The minimum Gasteiger partial charge on any atom is -0.477 e. The molecule has 0 unspecified atom stereocenters. The molecule has 0 aliphatic carbocycles. The van der Waals surface area contributed by atoms with Gasteiger partial charge < -0.3 is 10.1 Å². The van der Waals surface area contributed by atoms with E-state index in [1.807, 2.05) is 19.1 Å². The minimum atomic E-state index is 0.514. The molecule has 120 valence electrons. The van der Waals surface area contributed by atoms with Gasteiger partial charge in [-0.2, -0.15) is 0 Å². The molecule has 1 aromatic carbocycles. The van der Waals surface area contributed by atoms with E-state index in [4.69, 9.17) is 27.9 Å². The molecule has 0 aliphatic heterocycles. The average Bonchev–Trinajstić information content (AvgIpc) is 2.87. The van der Waals surface area contributed by atoms with E-state index in [-0.39, 0.29) is 0 Å². The third-order valence-corrected chi connectivity index (χ3v) is 4.00. The van der Waals surface area contributed by atoms with Crippen molar-refractivity contribution in [2.75, 3.05) is 19.7 Å². The van der Waals surface area contributed by atoms with Crippen LogP contribution in [0.15, 0.2) is 24.3 Å². The number of hydrogen-bond donors (Lipinski definition) is 1. The Morgan fingerprint density at radius 1 is 1.18 bits per heavy atom. The molecule has 0 radical (unpaired) electrons. The van der Waals surface area contributed by atoms with E-state index in [1.54, 1.807) is 16.8 Å². The summed E-state index contributed by atoms with van der Waals surface area (Å²) in [5.41, 5.74) is 1.86. The molecule has 0 spiro atoms. The van der Waals surface area contributed by atoms with Gasteiger partial charge in [0.1, 0.15) is 0 Å². The van der Waals surface area contributed by atoms with Crippen molar-refractivity contribution in [3.05, 3.63) is 40.0 Å². The molecule has 0 saturated heterocycles. The zero-order valence-electron chi connectivity index (χ0n) is 12.9. The third-order valence-electron chi connectivity index (χ3n) is 3.26. The van der Waals surface area contributed by atoms with E-state index in [0.717, 1.165) is 37.3 Å². The summed E-state index contributed by atoms with van der Waals surface area (Å²) in [5.74, 6) is 0.632. The fraction of sp³-hybridized carbons (Fsp3) is 0.438. The van der Waals surface area contributed by atoms with Crippen LogP contribution >= 0.6 is 23.2 Å². The molecule has 0 atom stereocenters. The lowest BCUT2D eigenvalue weighted by molar-refractivity contribution is 0.293. The van der Waals surface area contributed by atoms with E-state index in [1.165, 1.54) is 0 Å². The molecule has 2 rings (SSSR count). The summed E-state index contributed by atoms with van der Waals surface area (Å²) in [5, 5.41) is 8.80. The van der Waals surface area contributed by atoms with Gasteiger partial charge in [-0.05, 0) is 51.1 Å². The van der Waals surface area contributed by atoms with Crippen molar-refractivity contribution < 1.29 is 4.74 Å². The van der Waals surface area contributed by atoms with Gasteiger partial charge >= 0.3 is 0 Å². The molecule has 0 saturated carbocycles. The maximum Gasteiger partial charge on any atom is 0.233 e. The lowest BCUT2D eigenvalue weighted by Crippen LogP contribution is -2.14. The summed E-state index contributed by atoms with van der Waals surface area (Å²) >= 11 is 12.0. The Morgan fingerprint density at radius 2 is 2.00 bits per heavy atom. The number of aryl methyl sites for hydroxylation is 1. The van der Waals surface area contributed by atoms with Crippen LogP contribution in [0.5, 0.6) is 5.88 Å². The van der Waals surface area contributed by atoms with Gasteiger partial charge in [-0.25, -0.2) is 4.68 Å². The number of ether oxygens (including phenoxy) is 1. The monoisotopic (exact) mass is 341 g/mol. The van der Waals surface area contributed by atoms with Crippen LogP contribution in [0.4, 0.5) is 0 Å². The summed E-state index contributed by atoms with van der Waals surface area (Å²) in [6.45, 7) is 6.79. The van der Waals surface area contributed by atoms with E-state index in [2.05, 4.69) is 17.3 Å². The maximum absolute atomic E-state index is 6.06. The second-order valence-electron chi connectivity index (χ2n) is 5.04. The number of nitrogens with zero attached hydrogens (tertiary/aromatic N) is 2. The Hall–Kier alpha value is -1.23. The fourth-order valence-corrected chi connectivity index (χ4v) is 2.39. The molecule has 1 aromatic heterocycles. The van der Waals surface area contributed by atoms with Crippen LogP contribution in [0.25, 0.3) is 5.69 Å². The number of hydrogen-bond acceptors (Lipinski definition) is 3. The molecule has 22 heavy (non-hydrogen) atoms. The van der Waals surface area contributed by atoms with Crippen LogP contribution in [-0.2, 0) is 0 Å². The highest BCUT2D eigenvalue weighted by Gasteiger charge is 2.08. The van der Waals surface area contributed by atoms with Crippen LogP contribution in [0, 0.1) is 6.92 Å². The summed E-state index contributed by atoms with van der Waals surface area (Å²) < 4.78 is 7.51. The Kier molecular flexibility index (Phi) is 6.55. The molecule has 0 aliphatic rings. The highest BCUT2D eigenvalue weighted by molar-refractivity contribution is 6.42. The van der Waals surface area contributed by atoms with Crippen molar-refractivity contribution in [3.63, 3.8) is 0 Å². The molecule has 6 heteroatoms. The largest absolute Gasteiger partial charge is 0.477 e. The summed E-state index contributed by atoms with van der Waals surface area (Å²) in [6, 6.07) is 7.37. The van der Waals surface area contributed by atoms with Gasteiger partial charge in [-0.3, -0.25) is 0 Å². The van der Waals surface area contributed by atoms with Crippen LogP contribution in [0.3, 0.4) is 0 Å². The van der Waals surface area contributed by atoms with E-state index in [0.29, 0.717) is 22.5 Å². The summed E-state index contributed by atoms with van der Waals surface area (Å²) in [4.78, 5) is 0. The molecule has 1 N–H and O–H groups in total. The van der Waals surface area contributed by atoms with Gasteiger partial charge in [0.05, 0.1) is 22.3 Å². The quantitative estimate of drug-likeness (QED) is 0.729. The molecule has 2 aromatic rings. The molecule has 0 bridgehead atoms. The Balaban J connectivity index is 1.94. The number of rotatable bonds is 8. The number of aromatic nitrogens is 2. The van der Waals surface area contributed by atoms with Crippen molar-refractivity contribution in [1.29, 1.82) is 0 Å². The van der Waals surface area contributed by atoms with E-state index >= 15 is 0 Å². The van der Waals surface area contributed by atoms with Crippen molar-refractivity contribution in [2.45, 2.75) is 26.7 Å². The predicted octanol–water partition coefficient (Wildman–Crippen LogP) is 4.26. The standard InChI is InChI=1S/C16H21Cl2N3O/c1-3-19-8-4-5-9-22-16-10-12(2)21(20-16)13-6-7-14(17)15(18)11-13/h6-7,10-11,19H,3-5,8-9H2,1-2H3. The molecule has 0 amide bonds. The molecular formula is C16H21Cl2N3O. The minimum absolute atomic E-state index is 0.514. The predicted molar refractivity (Wildman–Crippen MR) is 91.6 cm³/mol. The number of halogens is 2. The SMILES string of the molecule is CCNCCCCOc1cc(C)n(-c2ccc(Cl)c(Cl)c2)n1. The lowest BCUT2D eigenvalue weighted by Gasteiger charge is -2.06. The van der Waals surface area contributed by atoms with Crippen molar-refractivity contribution in [3.8, 4) is 11.6 Å². The van der Waals surface area contributed by atoms with E-state index < -0.39 is 0 Å². The normalized spacial score (nSPS) is 10.9. The number of benzene rings is 1. The first-order valence-corrected chi connectivity index (χ1v) is 8.23. The Bertz CT molecular complexity index is 613. The van der Waals surface area contributed by atoms with Crippen LogP contribution in [0.2, 0.25) is 10.0 Å². The van der Waals surface area contributed by atoms with Gasteiger partial charge in [-0.15, -0.1) is 5.10 Å². The molecule has 1 heterocycles. The van der Waals surface area contributed by atoms with Crippen LogP contribution < -0.4 is 10.1 Å². The van der Waals surface area contributed by atoms with Crippen molar-refractivity contribution in [1.82, 2.24) is 15.1 Å². The lowest BCUT2D eigenvalue weighted by atomic mass is 10.3. The third kappa shape index (κ3) is 4.63. The second kappa shape index (κ2) is 8.42. The van der Waals surface area contributed by atoms with Gasteiger partial charge in [-0.1, -0.05) is 30.1 Å². The second-order valence-corrected chi connectivity index (χ2v) is 5.86. The van der Waals surface area contributed by atoms with Gasteiger partial charge in [0.2, 0.25) is 5.88 Å². The molecule has 4 nitrogen and oxygen atoms in total. The van der Waals surface area contributed by atoms with Crippen LogP contribution in [0.1, 0.15) is 25.5 Å². The topological polar surface area (TPSA) is 39.1 Å². The summed E-state index contributed by atoms with van der Waals surface area (Å²) in [6.07, 6.45) is 2.10. The van der Waals surface area contributed by atoms with Gasteiger partial charge in [0, 0.05) is 11.8 Å². The Morgan fingerprint density at radius 3 is 2.73 bits per heavy atom. The highest BCUT2D eigenvalue weighted by atomic mass is 35.5. The first kappa shape index (κ1) is 17.1. The van der Waals surface area contributed by atoms with Gasteiger partial charge in [0.25, 0.3) is 0 Å². The van der Waals surface area contributed by atoms with Crippen molar-refractivity contribution in [2.24, 2.45) is 0 Å². The zero-order valence-corrected chi connectivity index (χ0v) is 14.4. The number of nitrogens with one attached hydrogen (secondary N) is 1. The summed E-state index contributed by atoms with van der Waals surface area (Å²) in [7, 11) is 0. The average molecular weight is 342 g/mol. The highest BCUT2D eigenvalue weighted by Crippen LogP contribution is 2.25. The molecule has 0 fully saturated rings. The number of unbranched alkanes of at least 4 members (excludes halogenated alkanes) is 1. The van der Waals surface area contributed by atoms with Gasteiger partial charge in [0.15, 0.2) is 0 Å². The van der Waals surface area contributed by atoms with E-state index in [9.17, 15) is 0 Å². The zero-order chi connectivity index (χ0) is 15.9. The first-order valence-electron chi connectivity index (χ1n) is 7.47. The fourth-order valence-electron chi connectivity index (χ4n) is 2.10. The first-order chi connectivity index (χ1) is 10.6. The maximum atomic E-state index is 6.06. The van der Waals surface area contributed by atoms with Crippen LogP contribution in [-0.4, -0.2) is 29.5 Å². The van der Waals surface area contributed by atoms with Crippen molar-refractivity contribution >= 4 is 23.2 Å². The molecular weight excluding hydrogens is 321 g/mol. The Labute approximate surface area is 141 Å². The smallest absolute Gasteiger partial charge is 0.233 e.